The zero-order valence-electron chi connectivity index (χ0n) is 71.6. The van der Waals surface area contributed by atoms with Gasteiger partial charge in [0.25, 0.3) is 0 Å². The Bertz CT molecular complexity index is 2920. The van der Waals surface area contributed by atoms with Crippen LogP contribution < -0.4 is 0 Å². The molecule has 0 radical (unpaired) electrons. The predicted molar refractivity (Wildman–Crippen MR) is 481 cm³/mol. The van der Waals surface area contributed by atoms with Crippen LogP contribution >= 0.6 is 15.6 Å². The van der Waals surface area contributed by atoms with Crippen molar-refractivity contribution in [3.05, 3.63) is 207 Å². The highest BCUT2D eigenvalue weighted by Gasteiger charge is 2.29. The summed E-state index contributed by atoms with van der Waals surface area (Å²) < 4.78 is 61.4. The Morgan fingerprint density at radius 2 is 0.435 bits per heavy atom. The van der Waals surface area contributed by atoms with Gasteiger partial charge in [-0.3, -0.25) is 32.5 Å². The second-order valence-corrected chi connectivity index (χ2v) is 31.8. The second-order valence-electron chi connectivity index (χ2n) is 28.9. The summed E-state index contributed by atoms with van der Waals surface area (Å²) in [5, 5.41) is 20.7. The van der Waals surface area contributed by atoms with E-state index in [1.165, 1.54) is 77.0 Å². The molecule has 0 fully saturated rings. The molecule has 16 nitrogen and oxygen atoms in total. The Labute approximate surface area is 699 Å². The van der Waals surface area contributed by atoms with E-state index < -0.39 is 91.5 Å². The van der Waals surface area contributed by atoms with E-state index in [1.807, 2.05) is 0 Å². The molecule has 115 heavy (non-hydrogen) atoms. The van der Waals surface area contributed by atoms with Crippen molar-refractivity contribution in [3.8, 4) is 0 Å². The van der Waals surface area contributed by atoms with E-state index >= 15 is 0 Å². The van der Waals surface area contributed by atoms with E-state index in [4.69, 9.17) is 32.3 Å². The Hall–Kier alpha value is -5.87. The number of aliphatic hydroxyl groups excluding tert-OH is 2. The van der Waals surface area contributed by atoms with Gasteiger partial charge in [0, 0.05) is 19.3 Å². The van der Waals surface area contributed by atoms with Gasteiger partial charge in [-0.15, -0.1) is 0 Å². The third-order valence-electron chi connectivity index (χ3n) is 18.0. The summed E-state index contributed by atoms with van der Waals surface area (Å²) in [5.74, 6) is -1.63. The number of aliphatic hydroxyl groups is 2. The van der Waals surface area contributed by atoms with Gasteiger partial charge < -0.3 is 34.2 Å². The van der Waals surface area contributed by atoms with Crippen molar-refractivity contribution < 1.29 is 75.8 Å². The van der Waals surface area contributed by atoms with Crippen LogP contribution in [-0.2, 0) is 55.8 Å². The zero-order chi connectivity index (χ0) is 83.6. The largest absolute Gasteiger partial charge is 0.472 e. The minimum atomic E-state index is -4.96. The topological polar surface area (TPSA) is 231 Å². The van der Waals surface area contributed by atoms with E-state index in [-0.39, 0.29) is 19.3 Å². The van der Waals surface area contributed by atoms with Crippen molar-refractivity contribution in [3.63, 3.8) is 0 Å². The van der Waals surface area contributed by atoms with Gasteiger partial charge in [0.2, 0.25) is 0 Å². The smallest absolute Gasteiger partial charge is 0.463 e. The molecule has 0 rings (SSSR count). The molecule has 0 saturated heterocycles. The summed E-state index contributed by atoms with van der Waals surface area (Å²) >= 11 is 0. The molecular weight excluding hydrogens is 1480 g/mol. The van der Waals surface area contributed by atoms with Crippen molar-refractivity contribution >= 4 is 33.6 Å². The van der Waals surface area contributed by atoms with E-state index in [1.54, 1.807) is 0 Å². The van der Waals surface area contributed by atoms with Crippen molar-refractivity contribution in [2.45, 2.75) is 347 Å². The molecule has 0 aliphatic carbocycles. The summed E-state index contributed by atoms with van der Waals surface area (Å²) in [7, 11) is -9.83. The average molecular weight is 1640 g/mol. The maximum atomic E-state index is 13.1. The van der Waals surface area contributed by atoms with E-state index in [0.29, 0.717) is 19.3 Å². The number of allylic oxidation sites excluding steroid dienone is 34. The SMILES string of the molecule is CC/C=C\C/C=C\C/C=C\C/C=C\C/C=C\C/C=C\CCCCCCCCC(=O)OCC(COP(=O)(O)OCC(O)COP(=O)(O)OCC(O)COC(=O)CCCCCCCCCCCCCCCCC/C=C\C/C=C\C/C=C\C/C=C\C/C=C\CC)OC(=O)CCCCCC/C=C\C/C=C\C/C=C\C/C=C\C/C=C\C/C=C\CC. The van der Waals surface area contributed by atoms with Crippen LogP contribution in [0.4, 0.5) is 0 Å². The van der Waals surface area contributed by atoms with Crippen molar-refractivity contribution in [1.29, 1.82) is 0 Å². The van der Waals surface area contributed by atoms with Gasteiger partial charge in [0.1, 0.15) is 25.4 Å². The number of esters is 3. The normalized spacial score (nSPS) is 14.8. The molecule has 0 bridgehead atoms. The third kappa shape index (κ3) is 88.8. The minimum absolute atomic E-state index is 0.0626. The van der Waals surface area contributed by atoms with Gasteiger partial charge in [-0.05, 0) is 167 Å². The molecule has 0 aliphatic rings. The van der Waals surface area contributed by atoms with Crippen LogP contribution in [0.3, 0.4) is 0 Å². The molecule has 5 atom stereocenters. The van der Waals surface area contributed by atoms with Crippen molar-refractivity contribution in [2.75, 3.05) is 39.6 Å². The first-order chi connectivity index (χ1) is 56.2. The van der Waals surface area contributed by atoms with Gasteiger partial charge in [-0.1, -0.05) is 349 Å². The summed E-state index contributed by atoms with van der Waals surface area (Å²) in [5.41, 5.74) is 0. The fourth-order valence-corrected chi connectivity index (χ4v) is 13.0. The number of hydrogen-bond donors (Lipinski definition) is 4. The maximum absolute atomic E-state index is 13.1. The summed E-state index contributed by atoms with van der Waals surface area (Å²) in [6.07, 6.45) is 117. The van der Waals surface area contributed by atoms with Gasteiger partial charge in [-0.2, -0.15) is 0 Å². The van der Waals surface area contributed by atoms with Crippen LogP contribution in [0.15, 0.2) is 207 Å². The van der Waals surface area contributed by atoms with E-state index in [2.05, 4.69) is 227 Å². The molecule has 652 valence electrons. The lowest BCUT2D eigenvalue weighted by molar-refractivity contribution is -0.161. The monoisotopic (exact) mass is 1640 g/mol. The van der Waals surface area contributed by atoms with Crippen LogP contribution in [0.5, 0.6) is 0 Å². The number of phosphoric acid groups is 2. The first kappa shape index (κ1) is 109. The molecule has 0 aliphatic heterocycles. The van der Waals surface area contributed by atoms with Gasteiger partial charge in [0.05, 0.1) is 26.4 Å². The molecule has 0 aromatic heterocycles. The highest BCUT2D eigenvalue weighted by Crippen LogP contribution is 2.45. The number of carbonyl (C=O) groups excluding carboxylic acids is 3. The Morgan fingerprint density at radius 1 is 0.243 bits per heavy atom. The lowest BCUT2D eigenvalue weighted by Gasteiger charge is -2.21. The molecular formula is C97H158O16P2. The first-order valence-corrected chi connectivity index (χ1v) is 47.4. The second kappa shape index (κ2) is 87.4. The van der Waals surface area contributed by atoms with Gasteiger partial charge in [-0.25, -0.2) is 9.13 Å². The van der Waals surface area contributed by atoms with Crippen LogP contribution in [-0.4, -0.2) is 95.9 Å². The number of unbranched alkanes of at least 4 members (excludes halogenated alkanes) is 25. The molecule has 0 aromatic carbocycles. The molecule has 0 saturated carbocycles. The van der Waals surface area contributed by atoms with E-state index in [9.17, 15) is 43.5 Å². The molecule has 0 aromatic rings. The number of hydrogen-bond acceptors (Lipinski definition) is 14. The summed E-state index contributed by atoms with van der Waals surface area (Å²) in [6, 6.07) is 0. The number of rotatable bonds is 82. The standard InChI is InChI=1S/C97H158O16P2/c1-4-7-10-13-16-19-22-25-28-31-34-37-40-42-43-44-45-46-47-49-52-53-56-59-62-65-68-71-74-77-80-83-95(100)107-86-92(98)87-109-114(103,104)110-88-93(99)89-111-115(105,106)112-91-94(113-97(102)85-82-79-76-73-70-67-64-61-58-55-50-39-36-33-30-27-24-21-18-15-12-9-6-3)90-108-96(101)84-81-78-75-72-69-66-63-60-57-54-51-48-41-38-35-32-29-26-23-20-17-14-11-8-5-2/h7-12,16-21,25-30,34-39,42-43,48,51,55,57-58,60,64,67,92-94,98-99H,4-6,13-15,22-24,31-33,40-41,44-47,49-50,52-54,56,59,61-63,65-66,68-91H2,1-3H3,(H,103,104)(H,105,106)/b10-7-,11-8-,12-9-,19-16-,20-17-,21-18-,28-25-,29-26-,30-27-,37-34-,38-35-,39-36-,43-42-,51-48-,58-55-,60-57-,67-64-. The molecule has 18 heteroatoms. The fourth-order valence-electron chi connectivity index (χ4n) is 11.4. The van der Waals surface area contributed by atoms with E-state index in [0.717, 1.165) is 193 Å². The van der Waals surface area contributed by atoms with Crippen LogP contribution in [0, 0.1) is 0 Å². The molecule has 0 amide bonds. The van der Waals surface area contributed by atoms with Crippen LogP contribution in [0.2, 0.25) is 0 Å². The number of ether oxygens (including phenoxy) is 3. The lowest BCUT2D eigenvalue weighted by atomic mass is 10.0. The summed E-state index contributed by atoms with van der Waals surface area (Å²) in [6.45, 7) is 2.30. The Balaban J connectivity index is 4.67. The zero-order valence-corrected chi connectivity index (χ0v) is 73.4. The highest BCUT2D eigenvalue weighted by molar-refractivity contribution is 7.47. The van der Waals surface area contributed by atoms with Crippen LogP contribution in [0.1, 0.15) is 329 Å². The quantitative estimate of drug-likeness (QED) is 0.0146. The molecule has 0 spiro atoms. The molecule has 0 heterocycles. The van der Waals surface area contributed by atoms with Gasteiger partial charge in [0.15, 0.2) is 6.10 Å². The predicted octanol–water partition coefficient (Wildman–Crippen LogP) is 27.2. The lowest BCUT2D eigenvalue weighted by Crippen LogP contribution is -2.30. The highest BCUT2D eigenvalue weighted by atomic mass is 31.2. The first-order valence-electron chi connectivity index (χ1n) is 44.4. The Morgan fingerprint density at radius 3 is 0.687 bits per heavy atom. The average Bonchev–Trinajstić information content (AvgIpc) is 0.900. The molecule has 5 unspecified atom stereocenters. The summed E-state index contributed by atoms with van der Waals surface area (Å²) in [4.78, 5) is 58.9. The number of phosphoric ester groups is 2. The van der Waals surface area contributed by atoms with Crippen LogP contribution in [0.25, 0.3) is 0 Å². The Kier molecular flexibility index (Phi) is 83.0. The fraction of sp³-hybridized carbons (Fsp3) is 0.619. The van der Waals surface area contributed by atoms with Crippen molar-refractivity contribution in [1.82, 2.24) is 0 Å². The van der Waals surface area contributed by atoms with Crippen molar-refractivity contribution in [2.24, 2.45) is 0 Å². The van der Waals surface area contributed by atoms with Gasteiger partial charge >= 0.3 is 33.6 Å². The third-order valence-corrected chi connectivity index (χ3v) is 19.9. The molecule has 4 N–H and O–H groups in total. The maximum Gasteiger partial charge on any atom is 0.472 e. The number of carbonyl (C=O) groups is 3. The minimum Gasteiger partial charge on any atom is -0.463 e.